The summed E-state index contributed by atoms with van der Waals surface area (Å²) >= 11 is 0. The van der Waals surface area contributed by atoms with Gasteiger partial charge in [-0.2, -0.15) is 0 Å². The van der Waals surface area contributed by atoms with Crippen molar-refractivity contribution < 1.29 is 13.2 Å². The van der Waals surface area contributed by atoms with Gasteiger partial charge in [0, 0.05) is 31.5 Å². The summed E-state index contributed by atoms with van der Waals surface area (Å²) in [7, 11) is -3.18. The minimum absolute atomic E-state index is 0.224. The zero-order valence-electron chi connectivity index (χ0n) is 12.6. The maximum atomic E-state index is 12.1. The maximum absolute atomic E-state index is 12.1. The zero-order valence-corrected chi connectivity index (χ0v) is 13.4. The predicted molar refractivity (Wildman–Crippen MR) is 82.9 cm³/mol. The Kier molecular flexibility index (Phi) is 6.57. The second-order valence-electron chi connectivity index (χ2n) is 4.68. The van der Waals surface area contributed by atoms with Gasteiger partial charge in [-0.25, -0.2) is 13.1 Å². The topological polar surface area (TPSA) is 100 Å². The molecule has 0 atom stereocenters. The van der Waals surface area contributed by atoms with Crippen LogP contribution >= 0.6 is 0 Å². The van der Waals surface area contributed by atoms with Crippen molar-refractivity contribution in [3.63, 3.8) is 0 Å². The number of carbonyl (C=O) groups excluding carboxylic acids is 1. The van der Waals surface area contributed by atoms with Gasteiger partial charge >= 0.3 is 0 Å². The summed E-state index contributed by atoms with van der Waals surface area (Å²) in [6.45, 7) is 5.21. The van der Waals surface area contributed by atoms with Crippen LogP contribution in [0.15, 0.2) is 12.3 Å². The molecule has 0 saturated carbocycles. The number of aryl methyl sites for hydroxylation is 1. The van der Waals surface area contributed by atoms with Crippen LogP contribution in [0.3, 0.4) is 0 Å². The molecule has 0 aliphatic rings. The molecule has 1 aromatic rings. The highest BCUT2D eigenvalue weighted by atomic mass is 32.2. The molecule has 0 aliphatic carbocycles. The third-order valence-corrected chi connectivity index (χ3v) is 3.38. The van der Waals surface area contributed by atoms with Gasteiger partial charge in [0.05, 0.1) is 17.5 Å². The zero-order chi connectivity index (χ0) is 15.9. The molecule has 3 N–H and O–H groups in total. The molecule has 0 saturated heterocycles. The summed E-state index contributed by atoms with van der Waals surface area (Å²) in [5.74, 6) is -0.224. The van der Waals surface area contributed by atoms with Gasteiger partial charge in [0.2, 0.25) is 10.0 Å². The summed E-state index contributed by atoms with van der Waals surface area (Å²) in [5.41, 5.74) is 2.06. The first kappa shape index (κ1) is 17.4. The van der Waals surface area contributed by atoms with Crippen LogP contribution in [0.5, 0.6) is 0 Å². The van der Waals surface area contributed by atoms with Crippen molar-refractivity contribution in [3.8, 4) is 0 Å². The lowest BCUT2D eigenvalue weighted by Crippen LogP contribution is -2.29. The molecule has 0 unspecified atom stereocenters. The molecule has 118 valence electrons. The molecule has 0 radical (unpaired) electrons. The molecule has 1 aromatic heterocycles. The van der Waals surface area contributed by atoms with E-state index in [2.05, 4.69) is 20.3 Å². The summed E-state index contributed by atoms with van der Waals surface area (Å²) in [6.07, 6.45) is 3.16. The van der Waals surface area contributed by atoms with Crippen LogP contribution in [-0.4, -0.2) is 45.2 Å². The third kappa shape index (κ3) is 6.54. The summed E-state index contributed by atoms with van der Waals surface area (Å²) < 4.78 is 24.1. The van der Waals surface area contributed by atoms with E-state index in [4.69, 9.17) is 0 Å². The lowest BCUT2D eigenvalue weighted by molar-refractivity contribution is 0.0954. The molecule has 0 spiro atoms. The fourth-order valence-corrected chi connectivity index (χ4v) is 2.24. The first-order valence-corrected chi connectivity index (χ1v) is 8.66. The number of aromatic nitrogens is 1. The number of anilines is 1. The van der Waals surface area contributed by atoms with Crippen LogP contribution in [0, 0.1) is 6.92 Å². The molecule has 21 heavy (non-hydrogen) atoms. The van der Waals surface area contributed by atoms with Gasteiger partial charge in [0.1, 0.15) is 0 Å². The van der Waals surface area contributed by atoms with Crippen LogP contribution in [-0.2, 0) is 10.0 Å². The molecule has 1 amide bonds. The van der Waals surface area contributed by atoms with E-state index in [1.165, 1.54) is 6.20 Å². The first-order valence-electron chi connectivity index (χ1n) is 6.77. The van der Waals surface area contributed by atoms with E-state index in [9.17, 15) is 13.2 Å². The molecule has 0 aliphatic heterocycles. The molecule has 0 fully saturated rings. The maximum Gasteiger partial charge on any atom is 0.254 e. The Morgan fingerprint density at radius 2 is 2.05 bits per heavy atom. The van der Waals surface area contributed by atoms with E-state index in [1.807, 2.05) is 19.9 Å². The van der Waals surface area contributed by atoms with E-state index in [0.29, 0.717) is 31.6 Å². The fourth-order valence-electron chi connectivity index (χ4n) is 1.72. The van der Waals surface area contributed by atoms with E-state index in [-0.39, 0.29) is 5.91 Å². The van der Waals surface area contributed by atoms with Gasteiger partial charge in [0.25, 0.3) is 5.91 Å². The molecule has 7 nitrogen and oxygen atoms in total. The summed E-state index contributed by atoms with van der Waals surface area (Å²) in [6, 6.07) is 1.82. The number of rotatable bonds is 8. The second-order valence-corrected chi connectivity index (χ2v) is 6.51. The highest BCUT2D eigenvalue weighted by Gasteiger charge is 2.11. The summed E-state index contributed by atoms with van der Waals surface area (Å²) in [5, 5.41) is 5.88. The number of hydrogen-bond acceptors (Lipinski definition) is 5. The van der Waals surface area contributed by atoms with Crippen LogP contribution in [0.4, 0.5) is 5.69 Å². The quantitative estimate of drug-likeness (QED) is 0.606. The van der Waals surface area contributed by atoms with E-state index in [0.717, 1.165) is 17.6 Å². The minimum atomic E-state index is -3.18. The van der Waals surface area contributed by atoms with Crippen molar-refractivity contribution in [1.82, 2.24) is 15.0 Å². The van der Waals surface area contributed by atoms with E-state index >= 15 is 0 Å². The van der Waals surface area contributed by atoms with E-state index in [1.54, 1.807) is 0 Å². The number of amides is 1. The number of sulfonamides is 1. The lowest BCUT2D eigenvalue weighted by Gasteiger charge is -2.11. The van der Waals surface area contributed by atoms with Crippen molar-refractivity contribution in [1.29, 1.82) is 0 Å². The van der Waals surface area contributed by atoms with Gasteiger partial charge in [-0.3, -0.25) is 9.78 Å². The number of carbonyl (C=O) groups is 1. The SMILES string of the molecule is CCNc1cc(C)ncc1C(=O)NCCCNS(C)(=O)=O. The van der Waals surface area contributed by atoms with Crippen LogP contribution < -0.4 is 15.4 Å². The molecule has 1 rings (SSSR count). The largest absolute Gasteiger partial charge is 0.385 e. The van der Waals surface area contributed by atoms with Gasteiger partial charge in [-0.05, 0) is 26.3 Å². The van der Waals surface area contributed by atoms with Gasteiger partial charge in [-0.15, -0.1) is 0 Å². The Morgan fingerprint density at radius 3 is 2.67 bits per heavy atom. The van der Waals surface area contributed by atoms with Crippen molar-refractivity contribution in [3.05, 3.63) is 23.5 Å². The standard InChI is InChI=1S/C13H22N4O3S/c1-4-14-12-8-10(2)16-9-11(12)13(18)15-6-5-7-17-21(3,19)20/h8-9,17H,4-7H2,1-3H3,(H,14,16)(H,15,18). The Balaban J connectivity index is 2.52. The Bertz CT molecular complexity index is 587. The Labute approximate surface area is 125 Å². The van der Waals surface area contributed by atoms with Crippen molar-refractivity contribution in [2.75, 3.05) is 31.2 Å². The van der Waals surface area contributed by atoms with Crippen LogP contribution in [0.25, 0.3) is 0 Å². The smallest absolute Gasteiger partial charge is 0.254 e. The molecule has 0 aromatic carbocycles. The number of nitrogens with zero attached hydrogens (tertiary/aromatic N) is 1. The van der Waals surface area contributed by atoms with E-state index < -0.39 is 10.0 Å². The van der Waals surface area contributed by atoms with Gasteiger partial charge < -0.3 is 10.6 Å². The molecule has 1 heterocycles. The Hall–Kier alpha value is -1.67. The lowest BCUT2D eigenvalue weighted by atomic mass is 10.2. The normalized spacial score (nSPS) is 11.2. The molecule has 0 bridgehead atoms. The fraction of sp³-hybridized carbons (Fsp3) is 0.538. The second kappa shape index (κ2) is 7.94. The first-order chi connectivity index (χ1) is 9.83. The van der Waals surface area contributed by atoms with Gasteiger partial charge in [-0.1, -0.05) is 0 Å². The minimum Gasteiger partial charge on any atom is -0.385 e. The number of nitrogens with one attached hydrogen (secondary N) is 3. The highest BCUT2D eigenvalue weighted by Crippen LogP contribution is 2.15. The van der Waals surface area contributed by atoms with Crippen molar-refractivity contribution in [2.45, 2.75) is 20.3 Å². The van der Waals surface area contributed by atoms with Crippen LogP contribution in [0.1, 0.15) is 29.4 Å². The average Bonchev–Trinajstić information content (AvgIpc) is 2.37. The van der Waals surface area contributed by atoms with Crippen molar-refractivity contribution >= 4 is 21.6 Å². The monoisotopic (exact) mass is 314 g/mol. The number of hydrogen-bond donors (Lipinski definition) is 3. The van der Waals surface area contributed by atoms with Gasteiger partial charge in [0.15, 0.2) is 0 Å². The highest BCUT2D eigenvalue weighted by molar-refractivity contribution is 7.88. The molecular weight excluding hydrogens is 292 g/mol. The summed E-state index contributed by atoms with van der Waals surface area (Å²) in [4.78, 5) is 16.2. The van der Waals surface area contributed by atoms with Crippen LogP contribution in [0.2, 0.25) is 0 Å². The molecular formula is C13H22N4O3S. The predicted octanol–water partition coefficient (Wildman–Crippen LogP) is 0.491. The number of pyridine rings is 1. The molecule has 8 heteroatoms. The Morgan fingerprint density at radius 1 is 1.33 bits per heavy atom. The third-order valence-electron chi connectivity index (χ3n) is 2.66. The van der Waals surface area contributed by atoms with Crippen molar-refractivity contribution in [2.24, 2.45) is 0 Å². The average molecular weight is 314 g/mol.